The number of rotatable bonds is 4. The van der Waals surface area contributed by atoms with Crippen molar-refractivity contribution in [1.82, 2.24) is 24.2 Å². The van der Waals surface area contributed by atoms with Gasteiger partial charge in [0.1, 0.15) is 5.69 Å². The Bertz CT molecular complexity index is 1700. The van der Waals surface area contributed by atoms with E-state index in [0.29, 0.717) is 48.9 Å². The molecule has 3 heterocycles. The maximum absolute atomic E-state index is 13.7. The summed E-state index contributed by atoms with van der Waals surface area (Å²) in [7, 11) is 1.30. The van der Waals surface area contributed by atoms with Gasteiger partial charge in [-0.1, -0.05) is 18.2 Å². The Balaban J connectivity index is 1.81. The first-order valence-electron chi connectivity index (χ1n) is 12.1. The highest BCUT2D eigenvalue weighted by Crippen LogP contribution is 2.35. The quantitative estimate of drug-likeness (QED) is 0.404. The molecule has 39 heavy (non-hydrogen) atoms. The zero-order chi connectivity index (χ0) is 27.9. The van der Waals surface area contributed by atoms with E-state index in [9.17, 15) is 22.8 Å². The van der Waals surface area contributed by atoms with E-state index in [1.165, 1.54) is 19.2 Å². The van der Waals surface area contributed by atoms with Crippen LogP contribution in [-0.4, -0.2) is 45.1 Å². The van der Waals surface area contributed by atoms with Gasteiger partial charge in [0.2, 0.25) is 0 Å². The van der Waals surface area contributed by atoms with Crippen LogP contribution in [0.5, 0.6) is 0 Å². The molecule has 12 heteroatoms. The Kier molecular flexibility index (Phi) is 6.61. The van der Waals surface area contributed by atoms with Crippen LogP contribution in [0.25, 0.3) is 27.5 Å². The van der Waals surface area contributed by atoms with Crippen molar-refractivity contribution >= 4 is 11.4 Å². The lowest BCUT2D eigenvalue weighted by molar-refractivity contribution is -0.137. The van der Waals surface area contributed by atoms with Gasteiger partial charge in [0.25, 0.3) is 5.56 Å². The van der Waals surface area contributed by atoms with E-state index in [1.54, 1.807) is 42.1 Å². The minimum Gasteiger partial charge on any atom is -0.366 e. The maximum atomic E-state index is 13.7. The van der Waals surface area contributed by atoms with Gasteiger partial charge in [0.15, 0.2) is 5.69 Å². The van der Waals surface area contributed by atoms with Crippen molar-refractivity contribution in [3.63, 3.8) is 0 Å². The lowest BCUT2D eigenvalue weighted by Gasteiger charge is -2.29. The monoisotopic (exact) mass is 535 g/mol. The normalized spacial score (nSPS) is 13.9. The molecule has 1 N–H and O–H groups in total. The number of nitrogens with zero attached hydrogens (tertiary/aromatic N) is 6. The number of aromatic nitrogens is 4. The third-order valence-corrected chi connectivity index (χ3v) is 6.79. The molecule has 0 unspecified atom stereocenters. The fraction of sp³-hybridized carbons (Fsp3) is 0.259. The van der Waals surface area contributed by atoms with Crippen LogP contribution < -0.4 is 21.5 Å². The standard InChI is InChI=1S/C27H24F3N7O2/c1-17-23(25(38)34(3)26(39)36(17)21-6-4-5-18(15-21)27(28,29)30)24-22(35-13-11-32-12-14-35)16-33-37(24)20-9-7-19(31-2)8-10-20/h4-10,15-16,32H,11-14H2,1,3H3. The number of hydrogen-bond acceptors (Lipinski definition) is 5. The average Bonchev–Trinajstić information content (AvgIpc) is 3.37. The number of halogens is 3. The molecule has 0 atom stereocenters. The van der Waals surface area contributed by atoms with Crippen LogP contribution in [0.2, 0.25) is 0 Å². The Morgan fingerprint density at radius 1 is 1.03 bits per heavy atom. The largest absolute Gasteiger partial charge is 0.416 e. The van der Waals surface area contributed by atoms with E-state index >= 15 is 0 Å². The van der Waals surface area contributed by atoms with E-state index in [4.69, 9.17) is 6.57 Å². The van der Waals surface area contributed by atoms with Crippen molar-refractivity contribution in [1.29, 1.82) is 0 Å². The summed E-state index contributed by atoms with van der Waals surface area (Å²) >= 11 is 0. The second-order valence-electron chi connectivity index (χ2n) is 9.15. The molecular formula is C27H24F3N7O2. The highest BCUT2D eigenvalue weighted by Gasteiger charge is 2.32. The Hall–Kier alpha value is -4.63. The third kappa shape index (κ3) is 4.61. The molecule has 2 aromatic heterocycles. The molecule has 2 aromatic carbocycles. The number of alkyl halides is 3. The maximum Gasteiger partial charge on any atom is 0.416 e. The summed E-state index contributed by atoms with van der Waals surface area (Å²) in [6.45, 7) is 11.5. The van der Waals surface area contributed by atoms with Gasteiger partial charge in [-0.2, -0.15) is 18.3 Å². The van der Waals surface area contributed by atoms with E-state index < -0.39 is 23.0 Å². The second kappa shape index (κ2) is 9.92. The molecule has 0 saturated carbocycles. The number of benzene rings is 2. The van der Waals surface area contributed by atoms with Crippen LogP contribution in [0, 0.1) is 13.5 Å². The topological polar surface area (TPSA) is 81.4 Å². The molecule has 1 aliphatic rings. The molecule has 4 aromatic rings. The predicted molar refractivity (Wildman–Crippen MR) is 141 cm³/mol. The van der Waals surface area contributed by atoms with Crippen molar-refractivity contribution in [2.75, 3.05) is 31.1 Å². The van der Waals surface area contributed by atoms with E-state index in [-0.39, 0.29) is 16.9 Å². The van der Waals surface area contributed by atoms with Crippen molar-refractivity contribution in [2.24, 2.45) is 7.05 Å². The average molecular weight is 536 g/mol. The summed E-state index contributed by atoms with van der Waals surface area (Å²) in [5.41, 5.74) is 0.0959. The molecule has 0 aliphatic carbocycles. The fourth-order valence-corrected chi connectivity index (χ4v) is 4.79. The van der Waals surface area contributed by atoms with Gasteiger partial charge >= 0.3 is 11.9 Å². The smallest absolute Gasteiger partial charge is 0.366 e. The molecule has 0 radical (unpaired) electrons. The van der Waals surface area contributed by atoms with Crippen molar-refractivity contribution in [3.05, 3.63) is 98.2 Å². The van der Waals surface area contributed by atoms with Gasteiger partial charge in [-0.15, -0.1) is 0 Å². The molecule has 200 valence electrons. The lowest BCUT2D eigenvalue weighted by atomic mass is 10.1. The predicted octanol–water partition coefficient (Wildman–Crippen LogP) is 3.68. The highest BCUT2D eigenvalue weighted by molar-refractivity contribution is 5.78. The molecule has 0 spiro atoms. The van der Waals surface area contributed by atoms with Crippen LogP contribution in [0.1, 0.15) is 11.3 Å². The van der Waals surface area contributed by atoms with Gasteiger partial charge in [-0.05, 0) is 37.3 Å². The number of hydrogen-bond donors (Lipinski definition) is 1. The van der Waals surface area contributed by atoms with Crippen molar-refractivity contribution < 1.29 is 13.2 Å². The van der Waals surface area contributed by atoms with Gasteiger partial charge in [-0.3, -0.25) is 13.9 Å². The van der Waals surface area contributed by atoms with E-state index in [2.05, 4.69) is 20.2 Å². The summed E-state index contributed by atoms with van der Waals surface area (Å²) < 4.78 is 44.1. The zero-order valence-electron chi connectivity index (χ0n) is 21.2. The van der Waals surface area contributed by atoms with E-state index in [0.717, 1.165) is 21.3 Å². The second-order valence-corrected chi connectivity index (χ2v) is 9.15. The Morgan fingerprint density at radius 3 is 2.36 bits per heavy atom. The van der Waals surface area contributed by atoms with Gasteiger partial charge in [0, 0.05) is 38.9 Å². The zero-order valence-corrected chi connectivity index (χ0v) is 21.2. The third-order valence-electron chi connectivity index (χ3n) is 6.79. The number of nitrogens with one attached hydrogen (secondary N) is 1. The SMILES string of the molecule is [C-]#[N+]c1ccc(-n2ncc(N3CCNCC3)c2-c2c(C)n(-c3cccc(C(F)(F)F)c3)c(=O)n(C)c2=O)cc1. The van der Waals surface area contributed by atoms with Gasteiger partial charge < -0.3 is 10.2 Å². The number of piperazine rings is 1. The van der Waals surface area contributed by atoms with E-state index in [1.807, 2.05) is 0 Å². The van der Waals surface area contributed by atoms with Crippen molar-refractivity contribution in [3.8, 4) is 22.6 Å². The van der Waals surface area contributed by atoms with Crippen molar-refractivity contribution in [2.45, 2.75) is 13.1 Å². The molecule has 9 nitrogen and oxygen atoms in total. The lowest BCUT2D eigenvalue weighted by Crippen LogP contribution is -2.44. The molecule has 1 fully saturated rings. The van der Waals surface area contributed by atoms with Crippen LogP contribution in [-0.2, 0) is 13.2 Å². The van der Waals surface area contributed by atoms with Gasteiger partial charge in [0.05, 0.1) is 41.0 Å². The first-order valence-corrected chi connectivity index (χ1v) is 12.1. The summed E-state index contributed by atoms with van der Waals surface area (Å²) in [6, 6.07) is 11.1. The highest BCUT2D eigenvalue weighted by atomic mass is 19.4. The first-order chi connectivity index (χ1) is 18.6. The minimum absolute atomic E-state index is 0.0135. The summed E-state index contributed by atoms with van der Waals surface area (Å²) in [4.78, 5) is 32.5. The number of anilines is 1. The summed E-state index contributed by atoms with van der Waals surface area (Å²) in [6.07, 6.45) is -2.97. The molecule has 0 amide bonds. The van der Waals surface area contributed by atoms with Gasteiger partial charge in [-0.25, -0.2) is 14.3 Å². The fourth-order valence-electron chi connectivity index (χ4n) is 4.79. The summed E-state index contributed by atoms with van der Waals surface area (Å²) in [5, 5.41) is 7.85. The molecular weight excluding hydrogens is 511 g/mol. The van der Waals surface area contributed by atoms with Crippen LogP contribution in [0.15, 0.2) is 64.3 Å². The Morgan fingerprint density at radius 2 is 1.72 bits per heavy atom. The Labute approximate surface area is 221 Å². The van der Waals surface area contributed by atoms with Crippen LogP contribution in [0.3, 0.4) is 0 Å². The minimum atomic E-state index is -4.61. The van der Waals surface area contributed by atoms with Crippen LogP contribution >= 0.6 is 0 Å². The van der Waals surface area contributed by atoms with Crippen LogP contribution in [0.4, 0.5) is 24.5 Å². The summed E-state index contributed by atoms with van der Waals surface area (Å²) in [5.74, 6) is 0. The molecule has 0 bridgehead atoms. The first kappa shape index (κ1) is 26.0. The molecule has 1 aliphatic heterocycles. The molecule has 1 saturated heterocycles. The molecule has 5 rings (SSSR count).